The summed E-state index contributed by atoms with van der Waals surface area (Å²) in [5.74, 6) is 3.19. The van der Waals surface area contributed by atoms with Crippen molar-refractivity contribution >= 4 is 11.4 Å². The van der Waals surface area contributed by atoms with Gasteiger partial charge in [-0.25, -0.2) is 0 Å². The van der Waals surface area contributed by atoms with Crippen LogP contribution in [0, 0.1) is 0 Å². The van der Waals surface area contributed by atoms with Gasteiger partial charge >= 0.3 is 0 Å². The van der Waals surface area contributed by atoms with E-state index in [4.69, 9.17) is 28.4 Å². The molecule has 44 heavy (non-hydrogen) atoms. The molecular formula is C36H42N2O6. The highest BCUT2D eigenvalue weighted by atomic mass is 16.5. The van der Waals surface area contributed by atoms with Crippen molar-refractivity contribution in [3.05, 3.63) is 108 Å². The van der Waals surface area contributed by atoms with E-state index in [2.05, 4.69) is 58.3 Å². The highest BCUT2D eigenvalue weighted by Gasteiger charge is 2.13. The smallest absolute Gasteiger partial charge is 0.123 e. The van der Waals surface area contributed by atoms with Crippen molar-refractivity contribution in [1.82, 2.24) is 0 Å². The van der Waals surface area contributed by atoms with Gasteiger partial charge in [-0.2, -0.15) is 0 Å². The van der Waals surface area contributed by atoms with Crippen LogP contribution in [-0.2, 0) is 22.6 Å². The van der Waals surface area contributed by atoms with Crippen LogP contribution in [0.15, 0.2) is 97.1 Å². The van der Waals surface area contributed by atoms with Crippen molar-refractivity contribution in [2.24, 2.45) is 0 Å². The van der Waals surface area contributed by atoms with Crippen LogP contribution in [0.3, 0.4) is 0 Å². The highest BCUT2D eigenvalue weighted by Crippen LogP contribution is 2.26. The van der Waals surface area contributed by atoms with Crippen LogP contribution in [0.5, 0.6) is 23.0 Å². The molecule has 0 unspecified atom stereocenters. The molecule has 4 aromatic rings. The van der Waals surface area contributed by atoms with Crippen LogP contribution in [0.25, 0.3) is 0 Å². The minimum Gasteiger partial charge on any atom is -0.497 e. The highest BCUT2D eigenvalue weighted by molar-refractivity contribution is 5.52. The van der Waals surface area contributed by atoms with Crippen molar-refractivity contribution < 1.29 is 28.4 Å². The summed E-state index contributed by atoms with van der Waals surface area (Å²) in [5, 5.41) is 0. The minimum absolute atomic E-state index is 0.459. The van der Waals surface area contributed by atoms with Crippen molar-refractivity contribution in [2.45, 2.75) is 13.1 Å². The molecule has 0 saturated carbocycles. The Morgan fingerprint density at radius 2 is 1.23 bits per heavy atom. The van der Waals surface area contributed by atoms with Gasteiger partial charge in [-0.3, -0.25) is 0 Å². The zero-order chi connectivity index (χ0) is 30.4. The van der Waals surface area contributed by atoms with Gasteiger partial charge in [-0.05, 0) is 71.8 Å². The summed E-state index contributed by atoms with van der Waals surface area (Å²) >= 11 is 0. The molecule has 232 valence electrons. The van der Waals surface area contributed by atoms with E-state index in [0.717, 1.165) is 68.1 Å². The Labute approximate surface area is 260 Å². The van der Waals surface area contributed by atoms with Crippen LogP contribution in [0.2, 0.25) is 0 Å². The zero-order valence-electron chi connectivity index (χ0n) is 25.7. The number of benzene rings is 4. The van der Waals surface area contributed by atoms with Gasteiger partial charge in [0.1, 0.15) is 36.2 Å². The number of methoxy groups -OCH3 is 2. The summed E-state index contributed by atoms with van der Waals surface area (Å²) < 4.78 is 33.5. The second kappa shape index (κ2) is 16.4. The maximum absolute atomic E-state index is 5.94. The lowest BCUT2D eigenvalue weighted by Gasteiger charge is -2.29. The second-order valence-corrected chi connectivity index (χ2v) is 10.5. The topological polar surface area (TPSA) is 61.9 Å². The van der Waals surface area contributed by atoms with E-state index >= 15 is 0 Å². The summed E-state index contributed by atoms with van der Waals surface area (Å²) in [6, 6.07) is 32.9. The number of hydrogen-bond acceptors (Lipinski definition) is 8. The number of anilines is 2. The predicted molar refractivity (Wildman–Crippen MR) is 174 cm³/mol. The molecule has 1 fully saturated rings. The summed E-state index contributed by atoms with van der Waals surface area (Å²) in [5.41, 5.74) is 4.79. The van der Waals surface area contributed by atoms with Crippen LogP contribution in [0.1, 0.15) is 11.1 Å². The summed E-state index contributed by atoms with van der Waals surface area (Å²) in [6.07, 6.45) is 0. The standard InChI is InChI=1S/C36H42N2O6/c1-39-34-6-3-5-30(25-34)28-38(27-29-9-11-31(12-10-29)37-17-19-41-20-18-37)32-13-15-33(16-14-32)43-23-21-42-22-24-44-36-8-4-7-35(26-36)40-2/h3-16,25-26H,17-24,27-28H2,1-2H3. The van der Waals surface area contributed by atoms with Crippen molar-refractivity contribution in [3.8, 4) is 23.0 Å². The van der Waals surface area contributed by atoms with Crippen LogP contribution in [-0.4, -0.2) is 67.0 Å². The maximum Gasteiger partial charge on any atom is 0.123 e. The fourth-order valence-corrected chi connectivity index (χ4v) is 5.07. The molecular weight excluding hydrogens is 556 g/mol. The van der Waals surface area contributed by atoms with Gasteiger partial charge in [0.05, 0.1) is 40.6 Å². The van der Waals surface area contributed by atoms with Crippen LogP contribution >= 0.6 is 0 Å². The summed E-state index contributed by atoms with van der Waals surface area (Å²) in [7, 11) is 3.34. The molecule has 1 aliphatic heterocycles. The average molecular weight is 599 g/mol. The molecule has 0 amide bonds. The maximum atomic E-state index is 5.94. The van der Waals surface area contributed by atoms with Crippen LogP contribution in [0.4, 0.5) is 11.4 Å². The first-order valence-corrected chi connectivity index (χ1v) is 15.1. The van der Waals surface area contributed by atoms with Crippen LogP contribution < -0.4 is 28.7 Å². The quantitative estimate of drug-likeness (QED) is 0.141. The van der Waals surface area contributed by atoms with E-state index in [1.165, 1.54) is 16.8 Å². The third-order valence-corrected chi connectivity index (χ3v) is 7.43. The van der Waals surface area contributed by atoms with Crippen molar-refractivity contribution in [2.75, 3.05) is 76.8 Å². The zero-order valence-corrected chi connectivity index (χ0v) is 25.7. The van der Waals surface area contributed by atoms with Gasteiger partial charge in [-0.15, -0.1) is 0 Å². The Kier molecular flexibility index (Phi) is 11.6. The molecule has 1 heterocycles. The Morgan fingerprint density at radius 3 is 1.93 bits per heavy atom. The lowest BCUT2D eigenvalue weighted by molar-refractivity contribution is 0.0764. The molecule has 0 spiro atoms. The van der Waals surface area contributed by atoms with Crippen molar-refractivity contribution in [1.29, 1.82) is 0 Å². The lowest BCUT2D eigenvalue weighted by atomic mass is 10.1. The second-order valence-electron chi connectivity index (χ2n) is 10.5. The monoisotopic (exact) mass is 598 g/mol. The molecule has 0 radical (unpaired) electrons. The first-order valence-electron chi connectivity index (χ1n) is 15.1. The van der Waals surface area contributed by atoms with Gasteiger partial charge in [0, 0.05) is 43.6 Å². The lowest BCUT2D eigenvalue weighted by Crippen LogP contribution is -2.36. The molecule has 0 bridgehead atoms. The molecule has 5 rings (SSSR count). The summed E-state index contributed by atoms with van der Waals surface area (Å²) in [6.45, 7) is 6.81. The van der Waals surface area contributed by atoms with E-state index in [0.29, 0.717) is 26.4 Å². The first kappa shape index (κ1) is 31.0. The van der Waals surface area contributed by atoms with Gasteiger partial charge in [-0.1, -0.05) is 30.3 Å². The molecule has 1 saturated heterocycles. The van der Waals surface area contributed by atoms with Gasteiger partial charge < -0.3 is 38.2 Å². The molecule has 4 aromatic carbocycles. The Bertz CT molecular complexity index is 1410. The number of ether oxygens (including phenoxy) is 6. The van der Waals surface area contributed by atoms with E-state index < -0.39 is 0 Å². The normalized spacial score (nSPS) is 12.9. The number of nitrogens with zero attached hydrogens (tertiary/aromatic N) is 2. The predicted octanol–water partition coefficient (Wildman–Crippen LogP) is 6.22. The third kappa shape index (κ3) is 9.30. The van der Waals surface area contributed by atoms with Crippen molar-refractivity contribution in [3.63, 3.8) is 0 Å². The molecule has 1 aliphatic rings. The molecule has 8 nitrogen and oxygen atoms in total. The number of hydrogen-bond donors (Lipinski definition) is 0. The Balaban J connectivity index is 1.14. The Hall–Kier alpha value is -4.40. The van der Waals surface area contributed by atoms with E-state index in [-0.39, 0.29) is 0 Å². The van der Waals surface area contributed by atoms with Gasteiger partial charge in [0.25, 0.3) is 0 Å². The molecule has 0 aromatic heterocycles. The first-order chi connectivity index (χ1) is 21.7. The fourth-order valence-electron chi connectivity index (χ4n) is 5.07. The average Bonchev–Trinajstić information content (AvgIpc) is 3.09. The van der Waals surface area contributed by atoms with E-state index in [1.807, 2.05) is 48.5 Å². The number of morpholine rings is 1. The largest absolute Gasteiger partial charge is 0.497 e. The van der Waals surface area contributed by atoms with Gasteiger partial charge in [0.15, 0.2) is 0 Å². The molecule has 0 aliphatic carbocycles. The minimum atomic E-state index is 0.459. The summed E-state index contributed by atoms with van der Waals surface area (Å²) in [4.78, 5) is 4.74. The SMILES string of the molecule is COc1cccc(CN(Cc2ccc(N3CCOCC3)cc2)c2ccc(OCCOCCOc3cccc(OC)c3)cc2)c1. The Morgan fingerprint density at radius 1 is 0.614 bits per heavy atom. The fraction of sp³-hybridized carbons (Fsp3) is 0.333. The molecule has 0 atom stereocenters. The van der Waals surface area contributed by atoms with E-state index in [9.17, 15) is 0 Å². The number of rotatable bonds is 16. The molecule has 8 heteroatoms. The molecule has 0 N–H and O–H groups in total. The van der Waals surface area contributed by atoms with Gasteiger partial charge in [0.2, 0.25) is 0 Å². The van der Waals surface area contributed by atoms with E-state index in [1.54, 1.807) is 14.2 Å². The third-order valence-electron chi connectivity index (χ3n) is 7.43.